The number of hydrogen-bond donors (Lipinski definition) is 0. The Hall–Kier alpha value is -0.0400. The van der Waals surface area contributed by atoms with Crippen LogP contribution in [0.1, 0.15) is 60.3 Å². The van der Waals surface area contributed by atoms with Crippen molar-refractivity contribution in [2.24, 2.45) is 11.8 Å². The normalized spacial score (nSPS) is 18.8. The fourth-order valence-electron chi connectivity index (χ4n) is 2.38. The molecule has 0 aromatic heterocycles. The van der Waals surface area contributed by atoms with Gasteiger partial charge in [0.2, 0.25) is 0 Å². The van der Waals surface area contributed by atoms with Crippen LogP contribution >= 0.6 is 0 Å². The van der Waals surface area contributed by atoms with Crippen molar-refractivity contribution in [3.63, 3.8) is 0 Å². The van der Waals surface area contributed by atoms with Gasteiger partial charge in [0.1, 0.15) is 0 Å². The van der Waals surface area contributed by atoms with Gasteiger partial charge in [-0.2, -0.15) is 0 Å². The fraction of sp³-hybridized carbons (Fsp3) is 1.00. The maximum Gasteiger partial charge on any atom is 0.000439 e. The van der Waals surface area contributed by atoms with Crippen molar-refractivity contribution in [3.05, 3.63) is 0 Å². The van der Waals surface area contributed by atoms with Crippen LogP contribution in [-0.4, -0.2) is 24.5 Å². The van der Waals surface area contributed by atoms with Crippen LogP contribution in [0.4, 0.5) is 0 Å². The number of hydrogen-bond acceptors (Lipinski definition) is 1. The van der Waals surface area contributed by atoms with Crippen LogP contribution in [0, 0.1) is 11.8 Å². The summed E-state index contributed by atoms with van der Waals surface area (Å²) in [5.74, 6) is 1.87. The largest absolute Gasteiger partial charge is 0.303 e. The number of nitrogens with zero attached hydrogens (tertiary/aromatic N) is 1. The maximum atomic E-state index is 2.64. The SMILES string of the molecule is CC.CCCC1CCN(CC(C)C)CC1. The first-order valence-electron chi connectivity index (χ1n) is 6.94. The lowest BCUT2D eigenvalue weighted by Gasteiger charge is -2.32. The molecule has 15 heavy (non-hydrogen) atoms. The summed E-state index contributed by atoms with van der Waals surface area (Å²) in [6.07, 6.45) is 5.71. The van der Waals surface area contributed by atoms with Gasteiger partial charge in [-0.05, 0) is 37.8 Å². The second-order valence-corrected chi connectivity index (χ2v) is 4.93. The Bertz CT molecular complexity index is 123. The Labute approximate surface area is 97.2 Å². The molecule has 92 valence electrons. The Balaban J connectivity index is 0.000000921. The average Bonchev–Trinajstić information content (AvgIpc) is 2.24. The predicted molar refractivity (Wildman–Crippen MR) is 70.3 cm³/mol. The van der Waals surface area contributed by atoms with E-state index in [1.165, 1.54) is 45.3 Å². The lowest BCUT2D eigenvalue weighted by molar-refractivity contribution is 0.163. The standard InChI is InChI=1S/C12H25N.C2H6/c1-4-5-12-6-8-13(9-7-12)10-11(2)3;1-2/h11-12H,4-10H2,1-3H3;1-2H3. The lowest BCUT2D eigenvalue weighted by Crippen LogP contribution is -2.36. The van der Waals surface area contributed by atoms with Crippen LogP contribution in [0.15, 0.2) is 0 Å². The number of piperidine rings is 1. The van der Waals surface area contributed by atoms with E-state index < -0.39 is 0 Å². The molecule has 1 nitrogen and oxygen atoms in total. The van der Waals surface area contributed by atoms with Crippen LogP contribution in [0.3, 0.4) is 0 Å². The van der Waals surface area contributed by atoms with E-state index in [9.17, 15) is 0 Å². The predicted octanol–water partition coefficient (Wildman–Crippen LogP) is 4.18. The van der Waals surface area contributed by atoms with Gasteiger partial charge in [-0.3, -0.25) is 0 Å². The summed E-state index contributed by atoms with van der Waals surface area (Å²) in [4.78, 5) is 2.64. The zero-order chi connectivity index (χ0) is 11.7. The molecule has 0 spiro atoms. The molecule has 0 radical (unpaired) electrons. The van der Waals surface area contributed by atoms with Crippen LogP contribution < -0.4 is 0 Å². The zero-order valence-corrected chi connectivity index (χ0v) is 11.6. The molecule has 0 unspecified atom stereocenters. The van der Waals surface area contributed by atoms with Gasteiger partial charge in [-0.25, -0.2) is 0 Å². The van der Waals surface area contributed by atoms with E-state index in [0.29, 0.717) is 0 Å². The Morgan fingerprint density at radius 2 is 1.67 bits per heavy atom. The number of rotatable bonds is 4. The summed E-state index contributed by atoms with van der Waals surface area (Å²) in [5, 5.41) is 0. The van der Waals surface area contributed by atoms with Gasteiger partial charge in [-0.1, -0.05) is 47.5 Å². The highest BCUT2D eigenvalue weighted by molar-refractivity contribution is 4.72. The molecular weight excluding hydrogens is 182 g/mol. The molecule has 1 aliphatic rings. The van der Waals surface area contributed by atoms with E-state index in [4.69, 9.17) is 0 Å². The van der Waals surface area contributed by atoms with Gasteiger partial charge in [0.25, 0.3) is 0 Å². The second-order valence-electron chi connectivity index (χ2n) is 4.93. The van der Waals surface area contributed by atoms with Crippen molar-refractivity contribution in [1.29, 1.82) is 0 Å². The molecule has 0 bridgehead atoms. The van der Waals surface area contributed by atoms with Crippen molar-refractivity contribution in [2.45, 2.75) is 60.3 Å². The smallest absolute Gasteiger partial charge is 0.000439 e. The summed E-state index contributed by atoms with van der Waals surface area (Å²) in [5.41, 5.74) is 0. The second kappa shape index (κ2) is 9.21. The highest BCUT2D eigenvalue weighted by atomic mass is 15.1. The quantitative estimate of drug-likeness (QED) is 0.677. The summed E-state index contributed by atoms with van der Waals surface area (Å²) >= 11 is 0. The van der Waals surface area contributed by atoms with Crippen molar-refractivity contribution in [2.75, 3.05) is 19.6 Å². The molecule has 0 atom stereocenters. The first-order chi connectivity index (χ1) is 7.22. The number of likely N-dealkylation sites (tertiary alicyclic amines) is 1. The monoisotopic (exact) mass is 213 g/mol. The molecular formula is C14H31N. The van der Waals surface area contributed by atoms with Crippen molar-refractivity contribution < 1.29 is 0 Å². The summed E-state index contributed by atoms with van der Waals surface area (Å²) in [7, 11) is 0. The molecule has 1 saturated heterocycles. The minimum atomic E-state index is 0.836. The topological polar surface area (TPSA) is 3.24 Å². The van der Waals surface area contributed by atoms with E-state index in [2.05, 4.69) is 25.7 Å². The molecule has 0 aliphatic carbocycles. The maximum absolute atomic E-state index is 2.64. The van der Waals surface area contributed by atoms with Crippen LogP contribution in [0.25, 0.3) is 0 Å². The molecule has 1 heteroatoms. The summed E-state index contributed by atoms with van der Waals surface area (Å²) in [6, 6.07) is 0. The van der Waals surface area contributed by atoms with Crippen LogP contribution in [0.2, 0.25) is 0 Å². The van der Waals surface area contributed by atoms with Gasteiger partial charge in [0, 0.05) is 6.54 Å². The van der Waals surface area contributed by atoms with Crippen LogP contribution in [-0.2, 0) is 0 Å². The molecule has 0 N–H and O–H groups in total. The molecule has 0 saturated carbocycles. The van der Waals surface area contributed by atoms with Gasteiger partial charge in [0.15, 0.2) is 0 Å². The summed E-state index contributed by atoms with van der Waals surface area (Å²) in [6.45, 7) is 14.9. The highest BCUT2D eigenvalue weighted by Gasteiger charge is 2.18. The van der Waals surface area contributed by atoms with Gasteiger partial charge < -0.3 is 4.90 Å². The van der Waals surface area contributed by atoms with Crippen molar-refractivity contribution in [1.82, 2.24) is 4.90 Å². The Morgan fingerprint density at radius 1 is 1.13 bits per heavy atom. The third kappa shape index (κ3) is 6.94. The van der Waals surface area contributed by atoms with E-state index in [-0.39, 0.29) is 0 Å². The van der Waals surface area contributed by atoms with Gasteiger partial charge in [0.05, 0.1) is 0 Å². The average molecular weight is 213 g/mol. The van der Waals surface area contributed by atoms with Crippen molar-refractivity contribution in [3.8, 4) is 0 Å². The van der Waals surface area contributed by atoms with E-state index in [0.717, 1.165) is 11.8 Å². The van der Waals surface area contributed by atoms with Gasteiger partial charge >= 0.3 is 0 Å². The molecule has 1 heterocycles. The van der Waals surface area contributed by atoms with E-state index in [1.807, 2.05) is 13.8 Å². The van der Waals surface area contributed by atoms with E-state index in [1.54, 1.807) is 0 Å². The zero-order valence-electron chi connectivity index (χ0n) is 11.6. The molecule has 1 aliphatic heterocycles. The third-order valence-corrected chi connectivity index (χ3v) is 3.03. The van der Waals surface area contributed by atoms with E-state index >= 15 is 0 Å². The molecule has 1 rings (SSSR count). The molecule has 1 fully saturated rings. The molecule has 0 aromatic rings. The summed E-state index contributed by atoms with van der Waals surface area (Å²) < 4.78 is 0. The van der Waals surface area contributed by atoms with Crippen LogP contribution in [0.5, 0.6) is 0 Å². The Morgan fingerprint density at radius 3 is 2.07 bits per heavy atom. The van der Waals surface area contributed by atoms with Crippen molar-refractivity contribution >= 4 is 0 Å². The Kier molecular flexibility index (Phi) is 9.18. The molecule has 0 aromatic carbocycles. The first kappa shape index (κ1) is 15.0. The van der Waals surface area contributed by atoms with Gasteiger partial charge in [-0.15, -0.1) is 0 Å². The minimum Gasteiger partial charge on any atom is -0.303 e. The minimum absolute atomic E-state index is 0.836. The third-order valence-electron chi connectivity index (χ3n) is 3.03. The lowest BCUT2D eigenvalue weighted by atomic mass is 9.92. The first-order valence-corrected chi connectivity index (χ1v) is 6.94. The fourth-order valence-corrected chi connectivity index (χ4v) is 2.38. The highest BCUT2D eigenvalue weighted by Crippen LogP contribution is 2.21. The molecule has 0 amide bonds.